The van der Waals surface area contributed by atoms with Crippen LogP contribution in [0.15, 0.2) is 21.5 Å². The lowest BCUT2D eigenvalue weighted by molar-refractivity contribution is 0.549. The average molecular weight is 371 g/mol. The molecule has 3 N–H and O–H groups in total. The molecule has 0 bridgehead atoms. The molecule has 0 fully saturated rings. The third-order valence-electron chi connectivity index (χ3n) is 2.41. The lowest BCUT2D eigenvalue weighted by Crippen LogP contribution is -2.26. The molecule has 1 aromatic carbocycles. The van der Waals surface area contributed by atoms with E-state index in [9.17, 15) is 12.8 Å². The van der Waals surface area contributed by atoms with Crippen molar-refractivity contribution in [2.75, 3.05) is 18.6 Å². The Morgan fingerprint density at radius 3 is 2.74 bits per heavy atom. The van der Waals surface area contributed by atoms with E-state index in [2.05, 4.69) is 20.7 Å². The van der Waals surface area contributed by atoms with Gasteiger partial charge in [-0.15, -0.1) is 0 Å². The summed E-state index contributed by atoms with van der Waals surface area (Å²) in [6.07, 6.45) is 2.63. The van der Waals surface area contributed by atoms with Gasteiger partial charge in [-0.2, -0.15) is 11.8 Å². The Balaban J connectivity index is 2.98. The molecule has 0 aliphatic carbocycles. The summed E-state index contributed by atoms with van der Waals surface area (Å²) in [4.78, 5) is -0.369. The first-order valence-corrected chi connectivity index (χ1v) is 9.26. The molecule has 1 rings (SSSR count). The highest BCUT2D eigenvalue weighted by Gasteiger charge is 2.21. The molecular weight excluding hydrogens is 355 g/mol. The Labute approximate surface area is 125 Å². The number of nitrogens with two attached hydrogens (primary N) is 1. The molecule has 0 radical (unpaired) electrons. The van der Waals surface area contributed by atoms with E-state index in [1.807, 2.05) is 6.26 Å². The molecule has 0 aliphatic heterocycles. The fourth-order valence-electron chi connectivity index (χ4n) is 1.46. The predicted molar refractivity (Wildman–Crippen MR) is 80.2 cm³/mol. The molecule has 0 unspecified atom stereocenters. The number of rotatable bonds is 7. The van der Waals surface area contributed by atoms with Crippen LogP contribution < -0.4 is 10.5 Å². The molecule has 4 nitrogen and oxygen atoms in total. The fourth-order valence-corrected chi connectivity index (χ4v) is 3.77. The predicted octanol–water partition coefficient (Wildman–Crippen LogP) is 2.08. The largest absolute Gasteiger partial charge is 0.326 e. The summed E-state index contributed by atoms with van der Waals surface area (Å²) in [7, 11) is -3.85. The van der Waals surface area contributed by atoms with Crippen molar-refractivity contribution in [1.29, 1.82) is 0 Å². The minimum Gasteiger partial charge on any atom is -0.326 e. The molecule has 0 heterocycles. The Hall–Kier alpha value is -0.150. The molecule has 0 aromatic heterocycles. The zero-order valence-electron chi connectivity index (χ0n) is 10.4. The topological polar surface area (TPSA) is 72.2 Å². The molecule has 0 amide bonds. The van der Waals surface area contributed by atoms with Gasteiger partial charge in [0.15, 0.2) is 0 Å². The number of benzene rings is 1. The number of nitrogens with one attached hydrogen (secondary N) is 1. The average Bonchev–Trinajstić information content (AvgIpc) is 2.37. The second-order valence-electron chi connectivity index (χ2n) is 3.83. The van der Waals surface area contributed by atoms with Gasteiger partial charge in [-0.25, -0.2) is 17.5 Å². The zero-order chi connectivity index (χ0) is 14.5. The monoisotopic (exact) mass is 370 g/mol. The second-order valence-corrected chi connectivity index (χ2v) is 7.46. The molecule has 8 heteroatoms. The molecule has 0 aliphatic rings. The Kier molecular flexibility index (Phi) is 6.75. The van der Waals surface area contributed by atoms with E-state index in [1.54, 1.807) is 11.8 Å². The lowest BCUT2D eigenvalue weighted by Gasteiger charge is -2.10. The summed E-state index contributed by atoms with van der Waals surface area (Å²) < 4.78 is 40.9. The van der Waals surface area contributed by atoms with Gasteiger partial charge >= 0.3 is 0 Å². The summed E-state index contributed by atoms with van der Waals surface area (Å²) in [5, 5.41) is 0. The van der Waals surface area contributed by atoms with Crippen LogP contribution in [-0.2, 0) is 16.6 Å². The standard InChI is InChI=1S/C11H16BrFN2O2S2/c1-18-4-2-3-15-19(16,17)10-6-9(12)5-8(7-14)11(10)13/h5-6,15H,2-4,7,14H2,1H3. The van der Waals surface area contributed by atoms with Crippen LogP contribution in [0.5, 0.6) is 0 Å². The molecule has 1 aromatic rings. The van der Waals surface area contributed by atoms with Crippen molar-refractivity contribution in [2.24, 2.45) is 5.73 Å². The highest BCUT2D eigenvalue weighted by atomic mass is 79.9. The Morgan fingerprint density at radius 1 is 1.47 bits per heavy atom. The maximum absolute atomic E-state index is 14.0. The number of sulfonamides is 1. The van der Waals surface area contributed by atoms with Gasteiger partial charge in [-0.3, -0.25) is 0 Å². The first-order chi connectivity index (χ1) is 8.92. The maximum atomic E-state index is 14.0. The molecule has 0 atom stereocenters. The van der Waals surface area contributed by atoms with E-state index in [0.29, 0.717) is 10.9 Å². The van der Waals surface area contributed by atoms with Crippen LogP contribution in [0, 0.1) is 5.82 Å². The summed E-state index contributed by atoms with van der Waals surface area (Å²) in [6, 6.07) is 2.72. The highest BCUT2D eigenvalue weighted by molar-refractivity contribution is 9.10. The fraction of sp³-hybridized carbons (Fsp3) is 0.455. The van der Waals surface area contributed by atoms with E-state index in [-0.39, 0.29) is 23.5 Å². The SMILES string of the molecule is CSCCCNS(=O)(=O)c1cc(Br)cc(CN)c1F. The summed E-state index contributed by atoms with van der Waals surface area (Å²) in [6.45, 7) is 0.230. The maximum Gasteiger partial charge on any atom is 0.243 e. The van der Waals surface area contributed by atoms with E-state index >= 15 is 0 Å². The quantitative estimate of drug-likeness (QED) is 0.720. The van der Waals surface area contributed by atoms with E-state index in [1.165, 1.54) is 12.1 Å². The van der Waals surface area contributed by atoms with Crippen LogP contribution in [0.4, 0.5) is 4.39 Å². The van der Waals surface area contributed by atoms with E-state index in [4.69, 9.17) is 5.73 Å². The molecular formula is C11H16BrFN2O2S2. The van der Waals surface area contributed by atoms with Gasteiger partial charge in [0.1, 0.15) is 10.7 Å². The molecule has 0 saturated heterocycles. The number of hydrogen-bond acceptors (Lipinski definition) is 4. The van der Waals surface area contributed by atoms with Crippen LogP contribution in [0.1, 0.15) is 12.0 Å². The molecule has 19 heavy (non-hydrogen) atoms. The number of halogens is 2. The van der Waals surface area contributed by atoms with Crippen molar-refractivity contribution in [3.63, 3.8) is 0 Å². The number of thioether (sulfide) groups is 1. The van der Waals surface area contributed by atoms with Crippen molar-refractivity contribution >= 4 is 37.7 Å². The van der Waals surface area contributed by atoms with Crippen LogP contribution in [0.25, 0.3) is 0 Å². The Morgan fingerprint density at radius 2 is 2.16 bits per heavy atom. The van der Waals surface area contributed by atoms with E-state index in [0.717, 1.165) is 5.75 Å². The van der Waals surface area contributed by atoms with Gasteiger partial charge in [-0.1, -0.05) is 15.9 Å². The summed E-state index contributed by atoms with van der Waals surface area (Å²) in [5.41, 5.74) is 5.56. The van der Waals surface area contributed by atoms with Gasteiger partial charge in [0, 0.05) is 23.1 Å². The van der Waals surface area contributed by atoms with Gasteiger partial charge in [0.25, 0.3) is 0 Å². The summed E-state index contributed by atoms with van der Waals surface area (Å²) >= 11 is 4.78. The van der Waals surface area contributed by atoms with Crippen LogP contribution in [0.2, 0.25) is 0 Å². The van der Waals surface area contributed by atoms with Crippen LogP contribution >= 0.6 is 27.7 Å². The molecule has 0 spiro atoms. The zero-order valence-corrected chi connectivity index (χ0v) is 13.7. The van der Waals surface area contributed by atoms with Gasteiger partial charge in [0.2, 0.25) is 10.0 Å². The van der Waals surface area contributed by atoms with Crippen LogP contribution in [-0.4, -0.2) is 27.0 Å². The summed E-state index contributed by atoms with van der Waals surface area (Å²) in [5.74, 6) is 0.0560. The van der Waals surface area contributed by atoms with Gasteiger partial charge in [-0.05, 0) is 30.6 Å². The second kappa shape index (κ2) is 7.58. The highest BCUT2D eigenvalue weighted by Crippen LogP contribution is 2.23. The third kappa shape index (κ3) is 4.71. The van der Waals surface area contributed by atoms with Crippen molar-refractivity contribution in [2.45, 2.75) is 17.9 Å². The smallest absolute Gasteiger partial charge is 0.243 e. The molecule has 108 valence electrons. The third-order valence-corrected chi connectivity index (χ3v) is 5.02. The normalized spacial score (nSPS) is 11.8. The minimum absolute atomic E-state index is 0.0553. The van der Waals surface area contributed by atoms with Crippen molar-refractivity contribution in [1.82, 2.24) is 4.72 Å². The minimum atomic E-state index is -3.85. The lowest BCUT2D eigenvalue weighted by atomic mass is 10.2. The Bertz CT molecular complexity index is 538. The van der Waals surface area contributed by atoms with Crippen molar-refractivity contribution in [3.8, 4) is 0 Å². The molecule has 0 saturated carbocycles. The first-order valence-electron chi connectivity index (χ1n) is 5.59. The van der Waals surface area contributed by atoms with Crippen LogP contribution in [0.3, 0.4) is 0 Å². The van der Waals surface area contributed by atoms with Crippen molar-refractivity contribution < 1.29 is 12.8 Å². The van der Waals surface area contributed by atoms with Gasteiger partial charge in [0.05, 0.1) is 0 Å². The first kappa shape index (κ1) is 16.9. The van der Waals surface area contributed by atoms with Crippen molar-refractivity contribution in [3.05, 3.63) is 28.0 Å². The van der Waals surface area contributed by atoms with Gasteiger partial charge < -0.3 is 5.73 Å². The van der Waals surface area contributed by atoms with E-state index < -0.39 is 15.8 Å². The number of hydrogen-bond donors (Lipinski definition) is 2.